The van der Waals surface area contributed by atoms with E-state index in [0.29, 0.717) is 6.42 Å². The molecule has 1 amide bonds. The zero-order valence-corrected chi connectivity index (χ0v) is 17.5. The van der Waals surface area contributed by atoms with Crippen molar-refractivity contribution in [2.24, 2.45) is 7.05 Å². The molecule has 4 nitrogen and oxygen atoms in total. The quantitative estimate of drug-likeness (QED) is 0.572. The molecule has 0 saturated carbocycles. The minimum atomic E-state index is 0.0171. The molecule has 1 N–H and O–H groups in total. The lowest BCUT2D eigenvalue weighted by molar-refractivity contribution is -0.116. The number of halogens is 1. The first-order valence-electron chi connectivity index (χ1n) is 9.09. The van der Waals surface area contributed by atoms with Gasteiger partial charge in [-0.15, -0.1) is 0 Å². The van der Waals surface area contributed by atoms with Crippen LogP contribution >= 0.6 is 15.9 Å². The monoisotopic (exact) mass is 425 g/mol. The molecule has 1 aromatic heterocycles. The smallest absolute Gasteiger partial charge is 0.225 e. The topological polar surface area (TPSA) is 46.9 Å². The fraction of sp³-hybridized carbons (Fsp3) is 0.273. The molecule has 0 radical (unpaired) electrons. The Balaban J connectivity index is 1.67. The van der Waals surface area contributed by atoms with E-state index in [1.807, 2.05) is 38.2 Å². The first kappa shape index (κ1) is 19.4. The Morgan fingerprint density at radius 2 is 1.74 bits per heavy atom. The third-order valence-electron chi connectivity index (χ3n) is 4.60. The second kappa shape index (κ2) is 8.53. The van der Waals surface area contributed by atoms with Crippen molar-refractivity contribution >= 4 is 27.7 Å². The number of hydrogen-bond acceptors (Lipinski definition) is 2. The highest BCUT2D eigenvalue weighted by Crippen LogP contribution is 2.32. The molecule has 0 fully saturated rings. The Bertz CT molecular complexity index is 927. The van der Waals surface area contributed by atoms with Crippen molar-refractivity contribution in [1.82, 2.24) is 9.78 Å². The van der Waals surface area contributed by atoms with Crippen LogP contribution in [0.1, 0.15) is 29.7 Å². The van der Waals surface area contributed by atoms with Crippen molar-refractivity contribution in [2.45, 2.75) is 33.1 Å². The van der Waals surface area contributed by atoms with Gasteiger partial charge in [0.25, 0.3) is 0 Å². The molecular formula is C22H24BrN3O. The van der Waals surface area contributed by atoms with Gasteiger partial charge in [-0.25, -0.2) is 0 Å². The van der Waals surface area contributed by atoms with Crippen LogP contribution in [0.2, 0.25) is 0 Å². The summed E-state index contributed by atoms with van der Waals surface area (Å²) in [5.41, 5.74) is 5.43. The highest BCUT2D eigenvalue weighted by molar-refractivity contribution is 9.10. The molecule has 5 heteroatoms. The van der Waals surface area contributed by atoms with E-state index in [4.69, 9.17) is 0 Å². The third kappa shape index (κ3) is 4.86. The molecular weight excluding hydrogens is 402 g/mol. The van der Waals surface area contributed by atoms with Gasteiger partial charge in [0.2, 0.25) is 5.91 Å². The average Bonchev–Trinajstić information content (AvgIpc) is 2.91. The predicted octanol–water partition coefficient (Wildman–Crippen LogP) is 5.43. The SMILES string of the molecule is Cc1ccc(CCCC(=O)Nc2c(-c3ccc(Br)cc3)c(C)nn2C)cc1. The van der Waals surface area contributed by atoms with E-state index in [0.717, 1.165) is 40.0 Å². The second-order valence-corrected chi connectivity index (χ2v) is 7.74. The molecule has 2 aromatic carbocycles. The highest BCUT2D eigenvalue weighted by atomic mass is 79.9. The molecule has 0 aliphatic heterocycles. The van der Waals surface area contributed by atoms with Crippen molar-refractivity contribution < 1.29 is 4.79 Å². The van der Waals surface area contributed by atoms with Crippen molar-refractivity contribution in [2.75, 3.05) is 5.32 Å². The van der Waals surface area contributed by atoms with Crippen LogP contribution in [-0.2, 0) is 18.3 Å². The van der Waals surface area contributed by atoms with Crippen molar-refractivity contribution in [1.29, 1.82) is 0 Å². The van der Waals surface area contributed by atoms with Gasteiger partial charge in [-0.2, -0.15) is 5.10 Å². The van der Waals surface area contributed by atoms with Gasteiger partial charge in [0.1, 0.15) is 5.82 Å². The Morgan fingerprint density at radius 3 is 2.41 bits per heavy atom. The summed E-state index contributed by atoms with van der Waals surface area (Å²) in [4.78, 5) is 12.5. The molecule has 0 spiro atoms. The number of amides is 1. The van der Waals surface area contributed by atoms with Crippen LogP contribution in [0.15, 0.2) is 53.0 Å². The maximum atomic E-state index is 12.5. The fourth-order valence-corrected chi connectivity index (χ4v) is 3.43. The molecule has 0 saturated heterocycles. The summed E-state index contributed by atoms with van der Waals surface area (Å²) in [6, 6.07) is 16.5. The number of aryl methyl sites for hydroxylation is 4. The summed E-state index contributed by atoms with van der Waals surface area (Å²) in [5.74, 6) is 0.763. The Labute approximate surface area is 168 Å². The van der Waals surface area contributed by atoms with Crippen LogP contribution in [0.25, 0.3) is 11.1 Å². The van der Waals surface area contributed by atoms with Gasteiger partial charge in [0.15, 0.2) is 0 Å². The van der Waals surface area contributed by atoms with E-state index in [1.54, 1.807) is 4.68 Å². The Morgan fingerprint density at radius 1 is 1.07 bits per heavy atom. The lowest BCUT2D eigenvalue weighted by atomic mass is 10.1. The number of benzene rings is 2. The first-order valence-corrected chi connectivity index (χ1v) is 9.88. The van der Waals surface area contributed by atoms with Gasteiger partial charge in [-0.05, 0) is 49.9 Å². The average molecular weight is 426 g/mol. The molecule has 1 heterocycles. The van der Waals surface area contributed by atoms with E-state index < -0.39 is 0 Å². The van der Waals surface area contributed by atoms with Crippen LogP contribution in [0, 0.1) is 13.8 Å². The first-order chi connectivity index (χ1) is 12.9. The van der Waals surface area contributed by atoms with E-state index >= 15 is 0 Å². The zero-order chi connectivity index (χ0) is 19.4. The minimum Gasteiger partial charge on any atom is -0.310 e. The summed E-state index contributed by atoms with van der Waals surface area (Å²) < 4.78 is 2.76. The summed E-state index contributed by atoms with van der Waals surface area (Å²) in [7, 11) is 1.86. The summed E-state index contributed by atoms with van der Waals surface area (Å²) in [6.45, 7) is 4.04. The maximum absolute atomic E-state index is 12.5. The predicted molar refractivity (Wildman–Crippen MR) is 114 cm³/mol. The van der Waals surface area contributed by atoms with Gasteiger partial charge >= 0.3 is 0 Å². The van der Waals surface area contributed by atoms with Crippen LogP contribution in [-0.4, -0.2) is 15.7 Å². The van der Waals surface area contributed by atoms with Crippen LogP contribution in [0.5, 0.6) is 0 Å². The lowest BCUT2D eigenvalue weighted by Gasteiger charge is -2.09. The van der Waals surface area contributed by atoms with Gasteiger partial charge in [0.05, 0.1) is 5.69 Å². The van der Waals surface area contributed by atoms with E-state index in [2.05, 4.69) is 57.5 Å². The van der Waals surface area contributed by atoms with Gasteiger partial charge in [0, 0.05) is 23.5 Å². The fourth-order valence-electron chi connectivity index (χ4n) is 3.17. The Kier molecular flexibility index (Phi) is 6.11. The molecule has 0 unspecified atom stereocenters. The highest BCUT2D eigenvalue weighted by Gasteiger charge is 2.17. The van der Waals surface area contributed by atoms with Gasteiger partial charge in [-0.1, -0.05) is 57.9 Å². The third-order valence-corrected chi connectivity index (χ3v) is 5.13. The van der Waals surface area contributed by atoms with Crippen molar-refractivity contribution in [3.05, 3.63) is 69.8 Å². The summed E-state index contributed by atoms with van der Waals surface area (Å²) in [5, 5.41) is 7.55. The number of anilines is 1. The number of aromatic nitrogens is 2. The molecule has 0 bridgehead atoms. The number of carbonyl (C=O) groups is 1. The normalized spacial score (nSPS) is 10.8. The number of hydrogen-bond donors (Lipinski definition) is 1. The molecule has 0 aliphatic carbocycles. The molecule has 3 rings (SSSR count). The lowest BCUT2D eigenvalue weighted by Crippen LogP contribution is -2.15. The van der Waals surface area contributed by atoms with Crippen LogP contribution < -0.4 is 5.32 Å². The maximum Gasteiger partial charge on any atom is 0.225 e. The molecule has 140 valence electrons. The second-order valence-electron chi connectivity index (χ2n) is 6.83. The molecule has 3 aromatic rings. The standard InChI is InChI=1S/C22H24BrN3O/c1-15-7-9-17(10-8-15)5-4-6-20(27)24-22-21(16(2)25-26(22)3)18-11-13-19(23)14-12-18/h7-14H,4-6H2,1-3H3,(H,24,27). The van der Waals surface area contributed by atoms with E-state index in [-0.39, 0.29) is 5.91 Å². The summed E-state index contributed by atoms with van der Waals surface area (Å²) >= 11 is 3.46. The van der Waals surface area contributed by atoms with E-state index in [9.17, 15) is 4.79 Å². The van der Waals surface area contributed by atoms with Gasteiger partial charge < -0.3 is 5.32 Å². The van der Waals surface area contributed by atoms with Crippen molar-refractivity contribution in [3.8, 4) is 11.1 Å². The van der Waals surface area contributed by atoms with Crippen molar-refractivity contribution in [3.63, 3.8) is 0 Å². The zero-order valence-electron chi connectivity index (χ0n) is 15.9. The number of carbonyl (C=O) groups excluding carboxylic acids is 1. The minimum absolute atomic E-state index is 0.0171. The summed E-state index contributed by atoms with van der Waals surface area (Å²) in [6.07, 6.45) is 2.20. The Hall–Kier alpha value is -2.40. The molecule has 0 aliphatic rings. The van der Waals surface area contributed by atoms with E-state index in [1.165, 1.54) is 11.1 Å². The van der Waals surface area contributed by atoms with Gasteiger partial charge in [-0.3, -0.25) is 9.48 Å². The number of nitrogens with zero attached hydrogens (tertiary/aromatic N) is 2. The number of rotatable bonds is 6. The number of nitrogens with one attached hydrogen (secondary N) is 1. The molecule has 27 heavy (non-hydrogen) atoms. The molecule has 0 atom stereocenters. The largest absolute Gasteiger partial charge is 0.310 e. The van der Waals surface area contributed by atoms with Crippen LogP contribution in [0.3, 0.4) is 0 Å². The van der Waals surface area contributed by atoms with Crippen LogP contribution in [0.4, 0.5) is 5.82 Å².